The topological polar surface area (TPSA) is 75.3 Å². The molecule has 1 aromatic heterocycles. The minimum atomic E-state index is -0.568. The number of nitriles is 1. The van der Waals surface area contributed by atoms with Gasteiger partial charge in [0.1, 0.15) is 17.6 Å². The van der Waals surface area contributed by atoms with Crippen molar-refractivity contribution in [2.75, 3.05) is 12.4 Å². The van der Waals surface area contributed by atoms with Gasteiger partial charge in [-0.15, -0.1) is 0 Å². The van der Waals surface area contributed by atoms with E-state index >= 15 is 0 Å². The Kier molecular flexibility index (Phi) is 4.24. The van der Waals surface area contributed by atoms with Crippen LogP contribution in [0.25, 0.3) is 0 Å². The number of nitrogens with one attached hydrogen (secondary N) is 1. The molecule has 0 saturated heterocycles. The molecule has 1 atom stereocenters. The lowest BCUT2D eigenvalue weighted by atomic mass is 10.2. The molecule has 1 N–H and O–H groups in total. The highest BCUT2D eigenvalue weighted by Crippen LogP contribution is 2.23. The first kappa shape index (κ1) is 14.6. The predicted molar refractivity (Wildman–Crippen MR) is 73.2 cm³/mol. The molecule has 0 aliphatic rings. The number of carbonyl (C=O) groups is 1. The summed E-state index contributed by atoms with van der Waals surface area (Å²) in [6.45, 7) is 1.81. The molecule has 0 aliphatic heterocycles. The van der Waals surface area contributed by atoms with E-state index in [2.05, 4.69) is 10.1 Å². The number of nitrogens with zero attached hydrogens (tertiary/aromatic N) is 1. The molecule has 2 aromatic rings. The maximum absolute atomic E-state index is 13.2. The molecule has 0 fully saturated rings. The Balaban J connectivity index is 2.14. The fraction of sp³-hybridized carbons (Fsp3) is 0.200. The molecule has 6 heteroatoms. The highest BCUT2D eigenvalue weighted by molar-refractivity contribution is 5.86. The third kappa shape index (κ3) is 3.20. The van der Waals surface area contributed by atoms with Gasteiger partial charge in [0.05, 0.1) is 18.7 Å². The quantitative estimate of drug-likeness (QED) is 0.874. The fourth-order valence-electron chi connectivity index (χ4n) is 1.82. The number of esters is 1. The van der Waals surface area contributed by atoms with Gasteiger partial charge in [-0.05, 0) is 37.3 Å². The van der Waals surface area contributed by atoms with Crippen LogP contribution >= 0.6 is 0 Å². The van der Waals surface area contributed by atoms with Gasteiger partial charge in [-0.3, -0.25) is 0 Å². The average molecular weight is 288 g/mol. The highest BCUT2D eigenvalue weighted by Gasteiger charge is 2.15. The van der Waals surface area contributed by atoms with E-state index in [9.17, 15) is 9.18 Å². The molecule has 0 spiro atoms. The van der Waals surface area contributed by atoms with Crippen LogP contribution in [0.4, 0.5) is 10.1 Å². The molecule has 21 heavy (non-hydrogen) atoms. The van der Waals surface area contributed by atoms with Crippen LogP contribution in [-0.2, 0) is 4.74 Å². The lowest BCUT2D eigenvalue weighted by molar-refractivity contribution is 0.0562. The first-order valence-electron chi connectivity index (χ1n) is 6.19. The Morgan fingerprint density at radius 1 is 1.43 bits per heavy atom. The van der Waals surface area contributed by atoms with Gasteiger partial charge < -0.3 is 14.5 Å². The number of halogens is 1. The van der Waals surface area contributed by atoms with Crippen LogP contribution < -0.4 is 5.32 Å². The molecule has 1 aromatic carbocycles. The monoisotopic (exact) mass is 288 g/mol. The number of rotatable bonds is 4. The number of hydrogen-bond acceptors (Lipinski definition) is 5. The van der Waals surface area contributed by atoms with Crippen molar-refractivity contribution in [1.82, 2.24) is 0 Å². The zero-order valence-electron chi connectivity index (χ0n) is 11.5. The largest absolute Gasteiger partial charge is 0.463 e. The molecule has 1 heterocycles. The third-order valence-electron chi connectivity index (χ3n) is 2.91. The van der Waals surface area contributed by atoms with Crippen LogP contribution in [0.1, 0.15) is 34.8 Å². The normalized spacial score (nSPS) is 11.5. The lowest BCUT2D eigenvalue weighted by Crippen LogP contribution is -2.06. The van der Waals surface area contributed by atoms with Crippen molar-refractivity contribution in [3.63, 3.8) is 0 Å². The van der Waals surface area contributed by atoms with Crippen LogP contribution in [0, 0.1) is 17.1 Å². The Bertz CT molecular complexity index is 703. The van der Waals surface area contributed by atoms with E-state index in [1.54, 1.807) is 12.1 Å². The number of benzene rings is 1. The van der Waals surface area contributed by atoms with E-state index in [0.717, 1.165) is 0 Å². The molecule has 0 saturated carbocycles. The first-order valence-corrected chi connectivity index (χ1v) is 6.19. The summed E-state index contributed by atoms with van der Waals surface area (Å²) >= 11 is 0. The van der Waals surface area contributed by atoms with Crippen LogP contribution in [0.5, 0.6) is 0 Å². The third-order valence-corrected chi connectivity index (χ3v) is 2.91. The summed E-state index contributed by atoms with van der Waals surface area (Å²) < 4.78 is 23.2. The van der Waals surface area contributed by atoms with Crippen molar-refractivity contribution >= 4 is 11.7 Å². The number of carbonyl (C=O) groups excluding carboxylic acids is 1. The number of anilines is 1. The second kappa shape index (κ2) is 6.09. The van der Waals surface area contributed by atoms with Crippen LogP contribution in [0.2, 0.25) is 0 Å². The maximum Gasteiger partial charge on any atom is 0.373 e. The summed E-state index contributed by atoms with van der Waals surface area (Å²) in [6.07, 6.45) is 0. The summed E-state index contributed by atoms with van der Waals surface area (Å²) in [6, 6.07) is 8.84. The molecule has 5 nitrogen and oxygen atoms in total. The molecule has 1 unspecified atom stereocenters. The van der Waals surface area contributed by atoms with Gasteiger partial charge in [0, 0.05) is 5.69 Å². The number of methoxy groups -OCH3 is 1. The average Bonchev–Trinajstić information content (AvgIpc) is 2.98. The molecular formula is C15H13FN2O3. The van der Waals surface area contributed by atoms with Crippen LogP contribution in [-0.4, -0.2) is 13.1 Å². The Labute approximate surface area is 120 Å². The Hall–Kier alpha value is -2.81. The summed E-state index contributed by atoms with van der Waals surface area (Å²) in [4.78, 5) is 11.3. The van der Waals surface area contributed by atoms with E-state index in [-0.39, 0.29) is 17.4 Å². The van der Waals surface area contributed by atoms with Crippen molar-refractivity contribution in [2.24, 2.45) is 0 Å². The van der Waals surface area contributed by atoms with Gasteiger partial charge in [0.15, 0.2) is 0 Å². The van der Waals surface area contributed by atoms with Gasteiger partial charge >= 0.3 is 5.97 Å². The number of ether oxygens (including phenoxy) is 1. The van der Waals surface area contributed by atoms with Gasteiger partial charge in [-0.25, -0.2) is 9.18 Å². The van der Waals surface area contributed by atoms with E-state index < -0.39 is 11.8 Å². The fourth-order valence-corrected chi connectivity index (χ4v) is 1.82. The smallest absolute Gasteiger partial charge is 0.373 e. The maximum atomic E-state index is 13.2. The summed E-state index contributed by atoms with van der Waals surface area (Å²) in [7, 11) is 1.27. The summed E-state index contributed by atoms with van der Waals surface area (Å²) in [5.41, 5.74) is 0.540. The zero-order valence-corrected chi connectivity index (χ0v) is 11.5. The van der Waals surface area contributed by atoms with Gasteiger partial charge in [0.25, 0.3) is 0 Å². The Morgan fingerprint density at radius 2 is 2.19 bits per heavy atom. The standard InChI is InChI=1S/C15H13FN2O3/c1-9(13-5-6-14(21-13)15(19)20-2)18-11-3-4-12(16)10(7-11)8-17/h3-7,9,18H,1-2H3. The van der Waals surface area contributed by atoms with E-state index in [4.69, 9.17) is 9.68 Å². The van der Waals surface area contributed by atoms with Gasteiger partial charge in [-0.2, -0.15) is 5.26 Å². The SMILES string of the molecule is COC(=O)c1ccc(C(C)Nc2ccc(F)c(C#N)c2)o1. The molecule has 2 rings (SSSR count). The number of hydrogen-bond donors (Lipinski definition) is 1. The minimum absolute atomic E-state index is 0.0399. The molecule has 0 radical (unpaired) electrons. The predicted octanol–water partition coefficient (Wildman–Crippen LogP) is 3.25. The Morgan fingerprint density at radius 3 is 2.86 bits per heavy atom. The van der Waals surface area contributed by atoms with Crippen molar-refractivity contribution in [3.8, 4) is 6.07 Å². The van der Waals surface area contributed by atoms with Gasteiger partial charge in [0.2, 0.25) is 5.76 Å². The lowest BCUT2D eigenvalue weighted by Gasteiger charge is -2.13. The van der Waals surface area contributed by atoms with Gasteiger partial charge in [-0.1, -0.05) is 0 Å². The molecular weight excluding hydrogens is 275 g/mol. The van der Waals surface area contributed by atoms with Crippen molar-refractivity contribution < 1.29 is 18.3 Å². The van der Waals surface area contributed by atoms with Crippen molar-refractivity contribution in [2.45, 2.75) is 13.0 Å². The molecule has 0 bridgehead atoms. The summed E-state index contributed by atoms with van der Waals surface area (Å²) in [5, 5.41) is 11.9. The second-order valence-electron chi connectivity index (χ2n) is 4.37. The minimum Gasteiger partial charge on any atom is -0.463 e. The molecule has 108 valence electrons. The second-order valence-corrected chi connectivity index (χ2v) is 4.37. The van der Waals surface area contributed by atoms with Crippen LogP contribution in [0.3, 0.4) is 0 Å². The van der Waals surface area contributed by atoms with E-state index in [0.29, 0.717) is 11.4 Å². The van der Waals surface area contributed by atoms with Crippen LogP contribution in [0.15, 0.2) is 34.7 Å². The van der Waals surface area contributed by atoms with Crippen molar-refractivity contribution in [1.29, 1.82) is 5.26 Å². The summed E-state index contributed by atoms with van der Waals surface area (Å²) in [5.74, 6) is -0.486. The molecule has 0 amide bonds. The molecule has 0 aliphatic carbocycles. The highest BCUT2D eigenvalue weighted by atomic mass is 19.1. The van der Waals surface area contributed by atoms with E-state index in [1.807, 2.05) is 6.92 Å². The first-order chi connectivity index (χ1) is 10.0. The number of furan rings is 1. The van der Waals surface area contributed by atoms with Crippen molar-refractivity contribution in [3.05, 3.63) is 53.2 Å². The zero-order chi connectivity index (χ0) is 15.4. The van der Waals surface area contributed by atoms with E-state index in [1.165, 1.54) is 31.4 Å².